The number of nitrogens with one attached hydrogen (secondary N) is 2. The van der Waals surface area contributed by atoms with Crippen LogP contribution in [0.25, 0.3) is 11.1 Å². The number of nitrogens with zero attached hydrogens (tertiary/aromatic N) is 4. The molecule has 0 aliphatic carbocycles. The molecule has 0 atom stereocenters. The minimum Gasteiger partial charge on any atom is -0.465 e. The molecule has 0 radical (unpaired) electrons. The van der Waals surface area contributed by atoms with Gasteiger partial charge in [0.25, 0.3) is 5.91 Å². The molecule has 5 rings (SSSR count). The first-order valence-electron chi connectivity index (χ1n) is 18.3. The Kier molecular flexibility index (Phi) is 13.7. The zero-order valence-corrected chi connectivity index (χ0v) is 29.8. The number of benzene rings is 3. The monoisotopic (exact) mass is 682 g/mol. The SMILES string of the molecule is CNCCCN1CCc2cc(NCCCCCC(=O)N(C)CCN3CCC(N(C(=O)O)c4ccccc4-c4ccccc4)CC3)ccc2C1=O. The number of amides is 3. The standard InChI is InChI=1S/C40H54N6O4/c1-41-22-11-24-45-27-19-32-30-33(17-18-36(32)39(45)48)42-23-10-4-7-16-38(47)43(2)28-29-44-25-20-34(21-26-44)46(40(49)50)37-15-9-8-14-35(37)31-12-5-3-6-13-31/h3,5-6,8-9,12-15,17-18,30,34,41-42H,4,7,10-11,16,19-29H2,1-2H3,(H,49,50). The minimum absolute atomic E-state index is 0.0944. The lowest BCUT2D eigenvalue weighted by Crippen LogP contribution is -2.48. The van der Waals surface area contributed by atoms with Gasteiger partial charge in [0, 0.05) is 82.1 Å². The van der Waals surface area contributed by atoms with Crippen molar-refractivity contribution in [1.82, 2.24) is 20.0 Å². The summed E-state index contributed by atoms with van der Waals surface area (Å²) in [6, 6.07) is 23.7. The molecule has 2 aliphatic rings. The molecule has 3 N–H and O–H groups in total. The molecule has 0 saturated carbocycles. The van der Waals surface area contributed by atoms with Crippen LogP contribution in [0.4, 0.5) is 16.2 Å². The van der Waals surface area contributed by atoms with Gasteiger partial charge in [0.15, 0.2) is 0 Å². The van der Waals surface area contributed by atoms with Gasteiger partial charge in [-0.15, -0.1) is 0 Å². The minimum atomic E-state index is -0.924. The van der Waals surface area contributed by atoms with Crippen molar-refractivity contribution in [2.45, 2.75) is 57.4 Å². The number of anilines is 2. The van der Waals surface area contributed by atoms with Crippen molar-refractivity contribution in [1.29, 1.82) is 0 Å². The Morgan fingerprint density at radius 3 is 2.38 bits per heavy atom. The van der Waals surface area contributed by atoms with Crippen molar-refractivity contribution in [2.24, 2.45) is 0 Å². The highest BCUT2D eigenvalue weighted by Crippen LogP contribution is 2.34. The van der Waals surface area contributed by atoms with Gasteiger partial charge in [-0.1, -0.05) is 55.0 Å². The van der Waals surface area contributed by atoms with E-state index in [4.69, 9.17) is 0 Å². The highest BCUT2D eigenvalue weighted by molar-refractivity contribution is 5.97. The topological polar surface area (TPSA) is 108 Å². The van der Waals surface area contributed by atoms with Crippen LogP contribution in [0.1, 0.15) is 60.9 Å². The van der Waals surface area contributed by atoms with Crippen LogP contribution in [-0.4, -0.2) is 110 Å². The summed E-state index contributed by atoms with van der Waals surface area (Å²) in [7, 11) is 3.81. The molecular weight excluding hydrogens is 628 g/mol. The molecule has 268 valence electrons. The summed E-state index contributed by atoms with van der Waals surface area (Å²) in [4.78, 5) is 45.9. The lowest BCUT2D eigenvalue weighted by molar-refractivity contribution is -0.130. The number of unbranched alkanes of at least 4 members (excludes halogenated alkanes) is 2. The maximum absolute atomic E-state index is 12.9. The Bertz CT molecular complexity index is 1560. The van der Waals surface area contributed by atoms with Gasteiger partial charge in [-0.3, -0.25) is 14.5 Å². The third-order valence-electron chi connectivity index (χ3n) is 10.1. The highest BCUT2D eigenvalue weighted by atomic mass is 16.4. The molecule has 2 aliphatic heterocycles. The molecule has 10 heteroatoms. The van der Waals surface area contributed by atoms with Crippen molar-refractivity contribution < 1.29 is 19.5 Å². The Morgan fingerprint density at radius 1 is 0.860 bits per heavy atom. The number of para-hydroxylation sites is 1. The van der Waals surface area contributed by atoms with Crippen LogP contribution in [0.15, 0.2) is 72.8 Å². The van der Waals surface area contributed by atoms with Crippen LogP contribution < -0.4 is 15.5 Å². The van der Waals surface area contributed by atoms with E-state index in [1.807, 2.05) is 90.6 Å². The van der Waals surface area contributed by atoms with Crippen molar-refractivity contribution in [2.75, 3.05) is 76.7 Å². The lowest BCUT2D eigenvalue weighted by atomic mass is 9.98. The molecule has 3 aromatic rings. The van der Waals surface area contributed by atoms with Gasteiger partial charge in [-0.25, -0.2) is 4.79 Å². The second kappa shape index (κ2) is 18.5. The number of carboxylic acid groups (broad SMARTS) is 1. The summed E-state index contributed by atoms with van der Waals surface area (Å²) in [5, 5.41) is 16.9. The smallest absolute Gasteiger partial charge is 0.412 e. The summed E-state index contributed by atoms with van der Waals surface area (Å²) in [6.45, 7) is 6.36. The number of hydrogen-bond donors (Lipinski definition) is 3. The molecule has 3 aromatic carbocycles. The number of piperidine rings is 1. The van der Waals surface area contributed by atoms with Gasteiger partial charge in [0.05, 0.1) is 5.69 Å². The van der Waals surface area contributed by atoms with Crippen LogP contribution in [0.5, 0.6) is 0 Å². The number of carbonyl (C=O) groups excluding carboxylic acids is 2. The molecule has 10 nitrogen and oxygen atoms in total. The van der Waals surface area contributed by atoms with Crippen molar-refractivity contribution in [3.63, 3.8) is 0 Å². The maximum Gasteiger partial charge on any atom is 0.412 e. The highest BCUT2D eigenvalue weighted by Gasteiger charge is 2.31. The molecule has 0 spiro atoms. The number of carbonyl (C=O) groups is 3. The molecular formula is C40H54N6O4. The second-order valence-electron chi connectivity index (χ2n) is 13.5. The van der Waals surface area contributed by atoms with Gasteiger partial charge in [-0.05, 0) is 87.5 Å². The third-order valence-corrected chi connectivity index (χ3v) is 10.1. The number of rotatable bonds is 17. The fraction of sp³-hybridized carbons (Fsp3) is 0.475. The van der Waals surface area contributed by atoms with E-state index in [1.165, 1.54) is 0 Å². The van der Waals surface area contributed by atoms with E-state index in [0.717, 1.165) is 124 Å². The molecule has 0 unspecified atom stereocenters. The van der Waals surface area contributed by atoms with E-state index in [0.29, 0.717) is 13.0 Å². The lowest BCUT2D eigenvalue weighted by Gasteiger charge is -2.38. The summed E-state index contributed by atoms with van der Waals surface area (Å²) in [5.41, 5.74) is 5.64. The Labute approximate surface area is 297 Å². The zero-order chi connectivity index (χ0) is 35.3. The molecule has 0 bridgehead atoms. The van der Waals surface area contributed by atoms with Gasteiger partial charge in [0.1, 0.15) is 0 Å². The first kappa shape index (κ1) is 36.9. The maximum atomic E-state index is 12.9. The van der Waals surface area contributed by atoms with E-state index in [9.17, 15) is 19.5 Å². The fourth-order valence-electron chi connectivity index (χ4n) is 7.13. The van der Waals surface area contributed by atoms with Crippen molar-refractivity contribution >= 4 is 29.3 Å². The van der Waals surface area contributed by atoms with Gasteiger partial charge < -0.3 is 30.4 Å². The number of fused-ring (bicyclic) bond motifs is 1. The molecule has 1 fully saturated rings. The average molecular weight is 683 g/mol. The van der Waals surface area contributed by atoms with Crippen molar-refractivity contribution in [3.05, 3.63) is 83.9 Å². The largest absolute Gasteiger partial charge is 0.465 e. The zero-order valence-electron chi connectivity index (χ0n) is 29.8. The van der Waals surface area contributed by atoms with E-state index in [1.54, 1.807) is 4.90 Å². The Morgan fingerprint density at radius 2 is 1.62 bits per heavy atom. The summed E-state index contributed by atoms with van der Waals surface area (Å²) >= 11 is 0. The first-order chi connectivity index (χ1) is 24.4. The molecule has 50 heavy (non-hydrogen) atoms. The van der Waals surface area contributed by atoms with Crippen LogP contribution in [0.2, 0.25) is 0 Å². The molecule has 1 saturated heterocycles. The van der Waals surface area contributed by atoms with E-state index in [2.05, 4.69) is 21.6 Å². The number of likely N-dealkylation sites (tertiary alicyclic amines) is 1. The Balaban J connectivity index is 0.976. The van der Waals surface area contributed by atoms with Crippen LogP contribution >= 0.6 is 0 Å². The van der Waals surface area contributed by atoms with E-state index in [-0.39, 0.29) is 17.9 Å². The second-order valence-corrected chi connectivity index (χ2v) is 13.5. The predicted octanol–water partition coefficient (Wildman–Crippen LogP) is 6.04. The van der Waals surface area contributed by atoms with Gasteiger partial charge in [-0.2, -0.15) is 0 Å². The average Bonchev–Trinajstić information content (AvgIpc) is 3.14. The summed E-state index contributed by atoms with van der Waals surface area (Å²) in [6.07, 6.45) is 5.77. The Hall–Kier alpha value is -4.41. The van der Waals surface area contributed by atoms with Gasteiger partial charge >= 0.3 is 6.09 Å². The van der Waals surface area contributed by atoms with Crippen LogP contribution in [-0.2, 0) is 11.2 Å². The summed E-state index contributed by atoms with van der Waals surface area (Å²) in [5.74, 6) is 0.304. The quantitative estimate of drug-likeness (QED) is 0.149. The number of hydrogen-bond acceptors (Lipinski definition) is 6. The number of likely N-dealkylation sites (N-methyl/N-ethyl adjacent to an activating group) is 1. The van der Waals surface area contributed by atoms with Crippen LogP contribution in [0.3, 0.4) is 0 Å². The van der Waals surface area contributed by atoms with E-state index >= 15 is 0 Å². The predicted molar refractivity (Wildman–Crippen MR) is 201 cm³/mol. The van der Waals surface area contributed by atoms with Gasteiger partial charge in [0.2, 0.25) is 5.91 Å². The first-order valence-corrected chi connectivity index (χ1v) is 18.3. The third kappa shape index (κ3) is 9.85. The van der Waals surface area contributed by atoms with Crippen molar-refractivity contribution in [3.8, 4) is 11.1 Å². The molecule has 3 amide bonds. The van der Waals surface area contributed by atoms with Crippen LogP contribution in [0, 0.1) is 0 Å². The summed E-state index contributed by atoms with van der Waals surface area (Å²) < 4.78 is 0. The van der Waals surface area contributed by atoms with E-state index < -0.39 is 6.09 Å². The normalized spacial score (nSPS) is 15.1. The molecule has 0 aromatic heterocycles. The fourth-order valence-corrected chi connectivity index (χ4v) is 7.13. The molecule has 2 heterocycles.